The molecule has 0 radical (unpaired) electrons. The fraction of sp³-hybridized carbons (Fsp3) is 1.00. The van der Waals surface area contributed by atoms with Crippen LogP contribution < -0.4 is 0 Å². The quantitative estimate of drug-likeness (QED) is 0.502. The molecule has 0 fully saturated rings. The third kappa shape index (κ3) is 7.35. The van der Waals surface area contributed by atoms with E-state index in [0.29, 0.717) is 0 Å². The predicted octanol–water partition coefficient (Wildman–Crippen LogP) is 2.15. The Kier molecular flexibility index (Phi) is 5.92. The van der Waals surface area contributed by atoms with Crippen molar-refractivity contribution >= 4 is 39.5 Å². The molecule has 0 saturated heterocycles. The van der Waals surface area contributed by atoms with E-state index in [2.05, 4.69) is 21.4 Å². The molecule has 0 bridgehead atoms. The first-order valence-corrected chi connectivity index (χ1v) is 7.14. The smallest absolute Gasteiger partial charge is 0.203 e. The highest BCUT2D eigenvalue weighted by atomic mass is 35.7. The van der Waals surface area contributed by atoms with Crippen molar-refractivity contribution < 1.29 is 43.2 Å². The van der Waals surface area contributed by atoms with Crippen molar-refractivity contribution in [2.75, 3.05) is 0 Å². The Labute approximate surface area is 94.0 Å². The molecule has 0 aromatic heterocycles. The number of hydrogen-bond donors (Lipinski definition) is 0. The molecule has 0 rings (SSSR count). The largest absolute Gasteiger partial charge is 0.511 e. The first-order valence-electron chi connectivity index (χ1n) is 2.52. The zero-order valence-electron chi connectivity index (χ0n) is 6.47. The molecule has 0 aliphatic rings. The van der Waals surface area contributed by atoms with Crippen molar-refractivity contribution in [3.8, 4) is 0 Å². The monoisotopic (exact) mass is 336 g/mol. The normalized spacial score (nSPS) is 14.0. The second-order valence-corrected chi connectivity index (χ2v) is 6.88. The van der Waals surface area contributed by atoms with Gasteiger partial charge in [-0.3, -0.25) is 0 Å². The molecule has 0 atom stereocenters. The van der Waals surface area contributed by atoms with Crippen LogP contribution in [-0.2, 0) is 18.1 Å². The summed E-state index contributed by atoms with van der Waals surface area (Å²) in [5.74, 6) is 0. The molecule has 0 saturated carbocycles. The zero-order chi connectivity index (χ0) is 14.0. The maximum atomic E-state index is 10.8. The highest BCUT2D eigenvalue weighted by molar-refractivity contribution is 8.14. The Morgan fingerprint density at radius 3 is 0.688 bits per heavy atom. The van der Waals surface area contributed by atoms with Crippen LogP contribution in [0.1, 0.15) is 0 Å². The maximum Gasteiger partial charge on any atom is 0.511 e. The third-order valence-corrected chi connectivity index (χ3v) is 2.71. The molecule has 0 amide bonds. The van der Waals surface area contributed by atoms with Crippen LogP contribution in [0.3, 0.4) is 0 Å². The van der Waals surface area contributed by atoms with E-state index in [1.165, 1.54) is 0 Å². The Balaban J connectivity index is 0. The molecule has 0 aromatic carbocycles. The van der Waals surface area contributed by atoms with Crippen LogP contribution in [-0.4, -0.2) is 27.9 Å². The van der Waals surface area contributed by atoms with E-state index in [9.17, 15) is 43.2 Å². The van der Waals surface area contributed by atoms with Gasteiger partial charge in [0, 0.05) is 21.4 Å². The summed E-state index contributed by atoms with van der Waals surface area (Å²) in [6.07, 6.45) is 0. The lowest BCUT2D eigenvalue weighted by atomic mass is 11.6. The van der Waals surface area contributed by atoms with Crippen LogP contribution >= 0.6 is 21.4 Å². The summed E-state index contributed by atoms with van der Waals surface area (Å²) in [6, 6.07) is 0. The van der Waals surface area contributed by atoms with Crippen LogP contribution in [0.25, 0.3) is 0 Å². The van der Waals surface area contributed by atoms with Gasteiger partial charge in [-0.2, -0.15) is 26.3 Å². The van der Waals surface area contributed by atoms with Crippen LogP contribution in [0, 0.1) is 0 Å². The van der Waals surface area contributed by atoms with Gasteiger partial charge in [-0.1, -0.05) is 0 Å². The summed E-state index contributed by atoms with van der Waals surface area (Å²) in [7, 11) is -3.02. The summed E-state index contributed by atoms with van der Waals surface area (Å²) < 4.78 is 102. The van der Waals surface area contributed by atoms with Crippen molar-refractivity contribution in [1.82, 2.24) is 0 Å². The minimum atomic E-state index is -5.37. The fourth-order valence-electron chi connectivity index (χ4n) is 0. The van der Waals surface area contributed by atoms with Gasteiger partial charge < -0.3 is 0 Å². The minimum Gasteiger partial charge on any atom is -0.203 e. The van der Waals surface area contributed by atoms with Crippen molar-refractivity contribution in [2.24, 2.45) is 0 Å². The van der Waals surface area contributed by atoms with Crippen molar-refractivity contribution in [1.29, 1.82) is 0 Å². The van der Waals surface area contributed by atoms with Gasteiger partial charge in [0.2, 0.25) is 0 Å². The highest BCUT2D eigenvalue weighted by Gasteiger charge is 2.44. The Morgan fingerprint density at radius 1 is 0.625 bits per heavy atom. The Morgan fingerprint density at radius 2 is 0.688 bits per heavy atom. The fourth-order valence-corrected chi connectivity index (χ4v) is 0. The molecule has 0 aromatic rings. The molecule has 0 aliphatic carbocycles. The topological polar surface area (TPSA) is 68.3 Å². The third-order valence-electron chi connectivity index (χ3n) is 0.553. The Bertz CT molecular complexity index is 374. The van der Waals surface area contributed by atoms with Crippen LogP contribution in [0.4, 0.5) is 26.3 Å². The van der Waals surface area contributed by atoms with Crippen LogP contribution in [0.5, 0.6) is 0 Å². The summed E-state index contributed by atoms with van der Waals surface area (Å²) in [6.45, 7) is 0. The van der Waals surface area contributed by atoms with Gasteiger partial charge in [0.05, 0.1) is 0 Å². The molecular formula is C2Cl2F6O4S2. The van der Waals surface area contributed by atoms with Gasteiger partial charge in [-0.05, 0) is 0 Å². The van der Waals surface area contributed by atoms with Gasteiger partial charge >= 0.3 is 29.1 Å². The SMILES string of the molecule is O=S(=O)(Cl)C(F)(F)F.O=S(=O)(Cl)C(F)(F)F. The molecule has 14 heteroatoms. The lowest BCUT2D eigenvalue weighted by Crippen LogP contribution is -2.16. The number of halogens is 8. The first kappa shape index (κ1) is 18.4. The molecule has 0 spiro atoms. The van der Waals surface area contributed by atoms with Gasteiger partial charge in [-0.25, -0.2) is 16.8 Å². The van der Waals surface area contributed by atoms with E-state index in [4.69, 9.17) is 0 Å². The molecule has 16 heavy (non-hydrogen) atoms. The van der Waals surface area contributed by atoms with E-state index < -0.39 is 29.1 Å². The predicted molar refractivity (Wildman–Crippen MR) is 41.7 cm³/mol. The maximum absolute atomic E-state index is 10.8. The summed E-state index contributed by atoms with van der Waals surface area (Å²) in [4.78, 5) is 0. The van der Waals surface area contributed by atoms with Gasteiger partial charge in [-0.15, -0.1) is 0 Å². The lowest BCUT2D eigenvalue weighted by molar-refractivity contribution is -0.0419. The highest BCUT2D eigenvalue weighted by Crippen LogP contribution is 2.26. The molecule has 100 valence electrons. The van der Waals surface area contributed by atoms with E-state index >= 15 is 0 Å². The zero-order valence-corrected chi connectivity index (χ0v) is 9.62. The second kappa shape index (κ2) is 5.14. The average molecular weight is 337 g/mol. The molecule has 4 nitrogen and oxygen atoms in total. The first-order chi connectivity index (χ1) is 6.50. The Hall–Kier alpha value is 0.0600. The lowest BCUT2D eigenvalue weighted by Gasteiger charge is -1.96. The van der Waals surface area contributed by atoms with Crippen LogP contribution in [0.2, 0.25) is 0 Å². The van der Waals surface area contributed by atoms with E-state index in [1.54, 1.807) is 0 Å². The summed E-state index contributed by atoms with van der Waals surface area (Å²) in [5, 5.41) is 0. The number of rotatable bonds is 0. The standard InChI is InChI=1S/2CClF3O2S/c2*2-8(6,7)1(3,4)5. The summed E-state index contributed by atoms with van der Waals surface area (Å²) >= 11 is 0. The van der Waals surface area contributed by atoms with Crippen molar-refractivity contribution in [2.45, 2.75) is 11.0 Å². The van der Waals surface area contributed by atoms with Gasteiger partial charge in [0.25, 0.3) is 0 Å². The molecular weight excluding hydrogens is 337 g/mol. The van der Waals surface area contributed by atoms with Gasteiger partial charge in [0.1, 0.15) is 0 Å². The average Bonchev–Trinajstić information content (AvgIpc) is 1.77. The second-order valence-electron chi connectivity index (χ2n) is 1.77. The van der Waals surface area contributed by atoms with Gasteiger partial charge in [0.15, 0.2) is 0 Å². The molecule has 0 heterocycles. The van der Waals surface area contributed by atoms with E-state index in [0.717, 1.165) is 0 Å². The van der Waals surface area contributed by atoms with Crippen LogP contribution in [0.15, 0.2) is 0 Å². The minimum absolute atomic E-state index is 3.86. The van der Waals surface area contributed by atoms with E-state index in [-0.39, 0.29) is 0 Å². The number of alkyl halides is 6. The van der Waals surface area contributed by atoms with Crippen molar-refractivity contribution in [3.05, 3.63) is 0 Å². The van der Waals surface area contributed by atoms with E-state index in [1.807, 2.05) is 0 Å². The molecule has 0 unspecified atom stereocenters. The summed E-state index contributed by atoms with van der Waals surface area (Å²) in [5.41, 5.74) is -10.6. The molecule has 0 N–H and O–H groups in total. The number of hydrogen-bond acceptors (Lipinski definition) is 4. The molecule has 0 aliphatic heterocycles. The van der Waals surface area contributed by atoms with Crippen molar-refractivity contribution in [3.63, 3.8) is 0 Å².